The molecule has 2 aliphatic carbocycles. The van der Waals surface area contributed by atoms with Gasteiger partial charge in [-0.15, -0.1) is 6.08 Å². The third-order valence-corrected chi connectivity index (χ3v) is 2.87. The molecule has 1 aromatic rings. The van der Waals surface area contributed by atoms with E-state index in [1.54, 1.807) is 24.3 Å². The van der Waals surface area contributed by atoms with Gasteiger partial charge in [-0.1, -0.05) is 29.8 Å². The molecule has 3 nitrogen and oxygen atoms in total. The molecule has 1 N–H and O–H groups in total. The predicted molar refractivity (Wildman–Crippen MR) is 61.2 cm³/mol. The SMILES string of the molecule is O=C1[C-]=CC=C2C(=O)c3ccccc3C(O)=C12.[Na+]. The number of carbonyl (C=O) groups excluding carboxylic acids is 2. The van der Waals surface area contributed by atoms with Crippen molar-refractivity contribution < 1.29 is 44.3 Å². The molecule has 0 aliphatic heterocycles. The molecule has 3 rings (SSSR count). The number of Topliss-reactive ketones (excluding diaryl/α,β-unsaturated/α-hetero) is 2. The largest absolute Gasteiger partial charge is 1.00 e. The second kappa shape index (κ2) is 4.69. The third kappa shape index (κ3) is 1.72. The Morgan fingerprint density at radius 1 is 1.06 bits per heavy atom. The Kier molecular flexibility index (Phi) is 3.39. The zero-order valence-corrected chi connectivity index (χ0v) is 11.7. The van der Waals surface area contributed by atoms with Crippen LogP contribution in [0.15, 0.2) is 47.6 Å². The van der Waals surface area contributed by atoms with E-state index in [1.165, 1.54) is 12.2 Å². The maximum Gasteiger partial charge on any atom is 1.00 e. The number of carbonyl (C=O) groups is 2. The van der Waals surface area contributed by atoms with E-state index < -0.39 is 5.78 Å². The number of rotatable bonds is 0. The van der Waals surface area contributed by atoms with Gasteiger partial charge in [0.25, 0.3) is 0 Å². The maximum absolute atomic E-state index is 12.1. The maximum atomic E-state index is 12.1. The van der Waals surface area contributed by atoms with Crippen LogP contribution in [0.3, 0.4) is 0 Å². The number of hydrogen-bond acceptors (Lipinski definition) is 3. The minimum Gasteiger partial charge on any atom is -0.519 e. The van der Waals surface area contributed by atoms with Crippen molar-refractivity contribution in [2.24, 2.45) is 0 Å². The van der Waals surface area contributed by atoms with Crippen LogP contribution in [0, 0.1) is 6.08 Å². The van der Waals surface area contributed by atoms with Gasteiger partial charge in [-0.3, -0.25) is 4.79 Å². The van der Waals surface area contributed by atoms with Gasteiger partial charge < -0.3 is 9.90 Å². The molecule has 0 atom stereocenters. The quantitative estimate of drug-likeness (QED) is 0.473. The minimum atomic E-state index is -0.456. The molecule has 0 spiro atoms. The molecule has 0 unspecified atom stereocenters. The van der Waals surface area contributed by atoms with E-state index in [-0.39, 0.29) is 52.2 Å². The smallest absolute Gasteiger partial charge is 0.519 e. The first-order chi connectivity index (χ1) is 8.20. The Morgan fingerprint density at radius 3 is 2.44 bits per heavy atom. The van der Waals surface area contributed by atoms with Crippen molar-refractivity contribution in [3.05, 3.63) is 64.8 Å². The first kappa shape index (κ1) is 13.0. The zero-order chi connectivity index (χ0) is 12.0. The van der Waals surface area contributed by atoms with E-state index in [4.69, 9.17) is 0 Å². The average molecular weight is 246 g/mol. The summed E-state index contributed by atoms with van der Waals surface area (Å²) in [4.78, 5) is 23.8. The molecule has 0 saturated heterocycles. The van der Waals surface area contributed by atoms with Gasteiger partial charge in [0, 0.05) is 11.1 Å². The summed E-state index contributed by atoms with van der Waals surface area (Å²) in [6, 6.07) is 6.70. The summed E-state index contributed by atoms with van der Waals surface area (Å²) in [6.07, 6.45) is 5.36. The van der Waals surface area contributed by atoms with Crippen LogP contribution in [0.5, 0.6) is 0 Å². The number of hydrogen-bond donors (Lipinski definition) is 1. The second-order valence-corrected chi connectivity index (χ2v) is 3.82. The summed E-state index contributed by atoms with van der Waals surface area (Å²) in [5.74, 6) is -0.834. The van der Waals surface area contributed by atoms with Gasteiger partial charge in [0.05, 0.1) is 11.5 Å². The van der Waals surface area contributed by atoms with Crippen LogP contribution in [0.1, 0.15) is 15.9 Å². The van der Waals surface area contributed by atoms with E-state index in [0.29, 0.717) is 11.1 Å². The van der Waals surface area contributed by atoms with Gasteiger partial charge in [-0.2, -0.15) is 12.2 Å². The van der Waals surface area contributed by atoms with Crippen LogP contribution in [0.2, 0.25) is 0 Å². The van der Waals surface area contributed by atoms with Crippen molar-refractivity contribution in [3.8, 4) is 0 Å². The van der Waals surface area contributed by atoms with Crippen LogP contribution < -0.4 is 29.6 Å². The molecule has 4 heteroatoms. The Balaban J connectivity index is 0.00000120. The first-order valence-corrected chi connectivity index (χ1v) is 5.12. The number of fused-ring (bicyclic) bond motifs is 2. The van der Waals surface area contributed by atoms with Crippen molar-refractivity contribution in [2.75, 3.05) is 0 Å². The minimum absolute atomic E-state index is 0. The predicted octanol–water partition coefficient (Wildman–Crippen LogP) is -0.976. The zero-order valence-electron chi connectivity index (χ0n) is 9.73. The van der Waals surface area contributed by atoms with Crippen LogP contribution in [-0.2, 0) is 4.79 Å². The summed E-state index contributed by atoms with van der Waals surface area (Å²) in [6.45, 7) is 0. The summed E-state index contributed by atoms with van der Waals surface area (Å²) >= 11 is 0. The molecular weight excluding hydrogens is 239 g/mol. The summed E-state index contributed by atoms with van der Waals surface area (Å²) in [7, 11) is 0. The van der Waals surface area contributed by atoms with Gasteiger partial charge in [0.1, 0.15) is 0 Å². The van der Waals surface area contributed by atoms with Crippen molar-refractivity contribution in [3.63, 3.8) is 0 Å². The second-order valence-electron chi connectivity index (χ2n) is 3.82. The fourth-order valence-corrected chi connectivity index (χ4v) is 2.07. The first-order valence-electron chi connectivity index (χ1n) is 5.12. The topological polar surface area (TPSA) is 54.4 Å². The molecule has 0 radical (unpaired) electrons. The van der Waals surface area contributed by atoms with E-state index in [1.807, 2.05) is 0 Å². The van der Waals surface area contributed by atoms with Crippen molar-refractivity contribution in [2.45, 2.75) is 0 Å². The van der Waals surface area contributed by atoms with Crippen molar-refractivity contribution in [1.29, 1.82) is 0 Å². The number of allylic oxidation sites excluding steroid dienone is 5. The van der Waals surface area contributed by atoms with Crippen LogP contribution in [0.4, 0.5) is 0 Å². The standard InChI is InChI=1S/C14H7O3.Na/c15-11-7-3-6-10-12(11)14(17)9-5-2-1-4-8(9)13(10)16;/h1-6,17H;/q-1;+1. The van der Waals surface area contributed by atoms with Crippen LogP contribution >= 0.6 is 0 Å². The molecule has 0 amide bonds. The molecule has 82 valence electrons. The average Bonchev–Trinajstić information content (AvgIpc) is 2.36. The van der Waals surface area contributed by atoms with E-state index in [9.17, 15) is 14.7 Å². The number of aliphatic hydroxyl groups excluding tert-OH is 1. The number of aliphatic hydroxyl groups is 1. The molecule has 0 saturated carbocycles. The number of ketones is 2. The molecule has 1 aromatic carbocycles. The van der Waals surface area contributed by atoms with Gasteiger partial charge in [0.2, 0.25) is 0 Å². The fraction of sp³-hybridized carbons (Fsp3) is 0. The summed E-state index contributed by atoms with van der Waals surface area (Å²) in [5, 5.41) is 10.1. The summed E-state index contributed by atoms with van der Waals surface area (Å²) in [5.41, 5.74) is 1.12. The van der Waals surface area contributed by atoms with E-state index >= 15 is 0 Å². The fourth-order valence-electron chi connectivity index (χ4n) is 2.07. The van der Waals surface area contributed by atoms with Gasteiger partial charge in [0.15, 0.2) is 5.78 Å². The number of benzene rings is 1. The molecule has 18 heavy (non-hydrogen) atoms. The Morgan fingerprint density at radius 2 is 1.72 bits per heavy atom. The molecule has 0 aromatic heterocycles. The Labute approximate surface area is 126 Å². The molecule has 0 bridgehead atoms. The van der Waals surface area contributed by atoms with Crippen LogP contribution in [-0.4, -0.2) is 16.7 Å². The molecular formula is C14H7NaO3. The Bertz CT molecular complexity index is 651. The molecule has 0 heterocycles. The molecule has 2 aliphatic rings. The summed E-state index contributed by atoms with van der Waals surface area (Å²) < 4.78 is 0. The van der Waals surface area contributed by atoms with E-state index in [2.05, 4.69) is 6.08 Å². The normalized spacial score (nSPS) is 16.8. The monoisotopic (exact) mass is 246 g/mol. The van der Waals surface area contributed by atoms with Gasteiger partial charge in [-0.05, 0) is 5.57 Å². The van der Waals surface area contributed by atoms with Crippen molar-refractivity contribution >= 4 is 17.3 Å². The van der Waals surface area contributed by atoms with Crippen molar-refractivity contribution in [1.82, 2.24) is 0 Å². The molecule has 0 fully saturated rings. The van der Waals surface area contributed by atoms with Gasteiger partial charge >= 0.3 is 29.6 Å². The Hall–Kier alpha value is -1.42. The van der Waals surface area contributed by atoms with Crippen LogP contribution in [0.25, 0.3) is 5.76 Å². The van der Waals surface area contributed by atoms with E-state index in [0.717, 1.165) is 0 Å². The third-order valence-electron chi connectivity index (χ3n) is 2.87. The van der Waals surface area contributed by atoms with Gasteiger partial charge in [-0.25, -0.2) is 0 Å².